The lowest BCUT2D eigenvalue weighted by atomic mass is 10.1. The summed E-state index contributed by atoms with van der Waals surface area (Å²) < 4.78 is 15.0. The van der Waals surface area contributed by atoms with Crippen LogP contribution in [0.2, 0.25) is 0 Å². The quantitative estimate of drug-likeness (QED) is 0.193. The summed E-state index contributed by atoms with van der Waals surface area (Å²) >= 11 is 0. The first-order valence-corrected chi connectivity index (χ1v) is 16.1. The predicted molar refractivity (Wildman–Crippen MR) is 196 cm³/mol. The molecule has 0 N–H and O–H groups in total. The third-order valence-corrected chi connectivity index (χ3v) is 9.20. The predicted octanol–water partition coefficient (Wildman–Crippen LogP) is 12.0. The van der Waals surface area contributed by atoms with Gasteiger partial charge in [0.05, 0.1) is 16.4 Å². The molecule has 3 aromatic heterocycles. The van der Waals surface area contributed by atoms with Crippen LogP contribution in [0.25, 0.3) is 72.0 Å². The summed E-state index contributed by atoms with van der Waals surface area (Å²) in [6, 6.07) is 56.8. The number of anilines is 3. The van der Waals surface area contributed by atoms with Gasteiger partial charge < -0.3 is 18.3 Å². The van der Waals surface area contributed by atoms with Gasteiger partial charge in [-0.25, -0.2) is 4.98 Å². The van der Waals surface area contributed by atoms with E-state index < -0.39 is 0 Å². The van der Waals surface area contributed by atoms with Crippen molar-refractivity contribution in [3.05, 3.63) is 164 Å². The molecule has 0 aliphatic carbocycles. The van der Waals surface area contributed by atoms with Crippen LogP contribution >= 0.6 is 0 Å². The number of oxazole rings is 1. The van der Waals surface area contributed by atoms with E-state index in [9.17, 15) is 0 Å². The molecule has 5 heteroatoms. The molecular formula is C43H27N3O2. The van der Waals surface area contributed by atoms with Crippen LogP contribution in [0.3, 0.4) is 0 Å². The number of fused-ring (bicyclic) bond motifs is 8. The van der Waals surface area contributed by atoms with Crippen molar-refractivity contribution in [3.63, 3.8) is 0 Å². The van der Waals surface area contributed by atoms with Gasteiger partial charge in [0.25, 0.3) is 0 Å². The van der Waals surface area contributed by atoms with Crippen LogP contribution in [0.15, 0.2) is 173 Å². The third-order valence-electron chi connectivity index (χ3n) is 9.20. The van der Waals surface area contributed by atoms with Gasteiger partial charge in [-0.2, -0.15) is 0 Å². The average molecular weight is 618 g/mol. The zero-order valence-electron chi connectivity index (χ0n) is 25.7. The maximum atomic E-state index is 6.51. The van der Waals surface area contributed by atoms with Crippen LogP contribution in [0, 0.1) is 0 Å². The number of benzene rings is 7. The summed E-state index contributed by atoms with van der Waals surface area (Å²) in [5, 5.41) is 4.37. The molecule has 10 rings (SSSR count). The molecule has 226 valence electrons. The van der Waals surface area contributed by atoms with Crippen molar-refractivity contribution in [2.24, 2.45) is 0 Å². The van der Waals surface area contributed by atoms with Gasteiger partial charge >= 0.3 is 0 Å². The Kier molecular flexibility index (Phi) is 5.81. The summed E-state index contributed by atoms with van der Waals surface area (Å²) in [5.74, 6) is 0.600. The van der Waals surface area contributed by atoms with E-state index in [0.29, 0.717) is 5.89 Å². The van der Waals surface area contributed by atoms with E-state index in [1.807, 2.05) is 48.5 Å². The molecule has 0 aliphatic heterocycles. The fourth-order valence-electron chi connectivity index (χ4n) is 7.06. The van der Waals surface area contributed by atoms with Crippen LogP contribution in [0.1, 0.15) is 0 Å². The standard InChI is InChI=1S/C43H27N3O2/c1-4-12-28(13-5-1)43-44-42-39(48-43)25-24-38-41(42)34-22-20-32(27-40(34)47-38)45(29-14-6-2-7-15-29)31-21-23-37-35(26-31)33-18-10-11-19-36(33)46(37)30-16-8-3-9-17-30/h1-27H. The van der Waals surface area contributed by atoms with Crippen molar-refractivity contribution in [1.82, 2.24) is 9.55 Å². The first kappa shape index (κ1) is 26.6. The van der Waals surface area contributed by atoms with E-state index in [-0.39, 0.29) is 0 Å². The van der Waals surface area contributed by atoms with Crippen LogP contribution in [0.5, 0.6) is 0 Å². The second-order valence-corrected chi connectivity index (χ2v) is 12.0. The van der Waals surface area contributed by atoms with Crippen LogP contribution in [-0.4, -0.2) is 9.55 Å². The minimum Gasteiger partial charge on any atom is -0.456 e. The van der Waals surface area contributed by atoms with Crippen molar-refractivity contribution >= 4 is 71.9 Å². The maximum Gasteiger partial charge on any atom is 0.227 e. The third kappa shape index (κ3) is 4.08. The largest absolute Gasteiger partial charge is 0.456 e. The Bertz CT molecular complexity index is 2780. The van der Waals surface area contributed by atoms with Gasteiger partial charge in [0, 0.05) is 50.5 Å². The van der Waals surface area contributed by atoms with E-state index >= 15 is 0 Å². The summed E-state index contributed by atoms with van der Waals surface area (Å²) in [7, 11) is 0. The van der Waals surface area contributed by atoms with E-state index in [1.54, 1.807) is 0 Å². The highest BCUT2D eigenvalue weighted by atomic mass is 16.4. The van der Waals surface area contributed by atoms with Crippen molar-refractivity contribution in [1.29, 1.82) is 0 Å². The molecule has 0 unspecified atom stereocenters. The number of hydrogen-bond acceptors (Lipinski definition) is 4. The Hall–Kier alpha value is -6.59. The van der Waals surface area contributed by atoms with Gasteiger partial charge in [-0.1, -0.05) is 72.8 Å². The molecule has 0 saturated heterocycles. The zero-order chi connectivity index (χ0) is 31.6. The van der Waals surface area contributed by atoms with E-state index in [4.69, 9.17) is 13.8 Å². The fraction of sp³-hybridized carbons (Fsp3) is 0. The Labute approximate surface area is 275 Å². The number of aromatic nitrogens is 2. The molecule has 0 atom stereocenters. The lowest BCUT2D eigenvalue weighted by molar-refractivity contribution is 0.619. The molecule has 3 heterocycles. The van der Waals surface area contributed by atoms with Crippen molar-refractivity contribution < 1.29 is 8.83 Å². The Morgan fingerprint density at radius 3 is 1.96 bits per heavy atom. The number of nitrogens with zero attached hydrogens (tertiary/aromatic N) is 3. The van der Waals surface area contributed by atoms with Gasteiger partial charge in [-0.05, 0) is 84.9 Å². The number of para-hydroxylation sites is 3. The van der Waals surface area contributed by atoms with E-state index in [1.165, 1.54) is 21.8 Å². The van der Waals surface area contributed by atoms with Crippen LogP contribution in [0.4, 0.5) is 17.1 Å². The topological polar surface area (TPSA) is 47.3 Å². The monoisotopic (exact) mass is 617 g/mol. The molecule has 0 aliphatic rings. The highest BCUT2D eigenvalue weighted by molar-refractivity contribution is 6.17. The highest BCUT2D eigenvalue weighted by Gasteiger charge is 2.20. The summed E-state index contributed by atoms with van der Waals surface area (Å²) in [6.07, 6.45) is 0. The van der Waals surface area contributed by atoms with Crippen molar-refractivity contribution in [2.45, 2.75) is 0 Å². The average Bonchev–Trinajstić information content (AvgIpc) is 3.84. The number of hydrogen-bond donors (Lipinski definition) is 0. The second kappa shape index (κ2) is 10.5. The first-order chi connectivity index (χ1) is 23.8. The molecule has 48 heavy (non-hydrogen) atoms. The Morgan fingerprint density at radius 2 is 1.12 bits per heavy atom. The fourth-order valence-corrected chi connectivity index (χ4v) is 7.06. The van der Waals surface area contributed by atoms with Crippen molar-refractivity contribution in [3.8, 4) is 17.1 Å². The Morgan fingerprint density at radius 1 is 0.458 bits per heavy atom. The Balaban J connectivity index is 1.16. The molecular weight excluding hydrogens is 590 g/mol. The molecule has 10 aromatic rings. The summed E-state index contributed by atoms with van der Waals surface area (Å²) in [6.45, 7) is 0. The molecule has 5 nitrogen and oxygen atoms in total. The van der Waals surface area contributed by atoms with E-state index in [0.717, 1.165) is 61.4 Å². The van der Waals surface area contributed by atoms with Crippen LogP contribution in [-0.2, 0) is 0 Å². The molecule has 0 fully saturated rings. The number of furan rings is 1. The smallest absolute Gasteiger partial charge is 0.227 e. The van der Waals surface area contributed by atoms with Gasteiger partial charge in [0.1, 0.15) is 16.7 Å². The molecule has 0 bridgehead atoms. The lowest BCUT2D eigenvalue weighted by Gasteiger charge is -2.25. The second-order valence-electron chi connectivity index (χ2n) is 12.0. The summed E-state index contributed by atoms with van der Waals surface area (Å²) in [4.78, 5) is 7.22. The molecule has 0 spiro atoms. The minimum absolute atomic E-state index is 0.600. The van der Waals surface area contributed by atoms with E-state index in [2.05, 4.69) is 125 Å². The van der Waals surface area contributed by atoms with Gasteiger partial charge in [0.2, 0.25) is 5.89 Å². The SMILES string of the molecule is c1ccc(-c2nc3c(ccc4oc5cc(N(c6ccccc6)c6ccc7c(c6)c6ccccc6n7-c6ccccc6)ccc5c43)o2)cc1. The maximum absolute atomic E-state index is 6.51. The first-order valence-electron chi connectivity index (χ1n) is 16.1. The highest BCUT2D eigenvalue weighted by Crippen LogP contribution is 2.42. The minimum atomic E-state index is 0.600. The molecule has 0 saturated carbocycles. The zero-order valence-corrected chi connectivity index (χ0v) is 25.7. The molecule has 7 aromatic carbocycles. The van der Waals surface area contributed by atoms with Gasteiger partial charge in [-0.15, -0.1) is 0 Å². The molecule has 0 amide bonds. The van der Waals surface area contributed by atoms with Crippen molar-refractivity contribution in [2.75, 3.05) is 4.90 Å². The lowest BCUT2D eigenvalue weighted by Crippen LogP contribution is -2.09. The van der Waals surface area contributed by atoms with Gasteiger partial charge in [0.15, 0.2) is 5.58 Å². The summed E-state index contributed by atoms with van der Waals surface area (Å²) in [5.41, 5.74) is 10.7. The molecule has 0 radical (unpaired) electrons. The normalized spacial score (nSPS) is 11.8. The van der Waals surface area contributed by atoms with Crippen LogP contribution < -0.4 is 4.90 Å². The van der Waals surface area contributed by atoms with Gasteiger partial charge in [-0.3, -0.25) is 0 Å². The number of rotatable bonds is 5.